The van der Waals surface area contributed by atoms with Gasteiger partial charge in [-0.25, -0.2) is 13.1 Å². The molecule has 6 nitrogen and oxygen atoms in total. The fourth-order valence-electron chi connectivity index (χ4n) is 2.43. The lowest BCUT2D eigenvalue weighted by molar-refractivity contribution is 0.582. The summed E-state index contributed by atoms with van der Waals surface area (Å²) in [5.41, 5.74) is 2.59. The largest absolute Gasteiger partial charge is 0.359 e. The molecule has 1 heterocycles. The van der Waals surface area contributed by atoms with Crippen LogP contribution in [0.15, 0.2) is 53.4 Å². The maximum absolute atomic E-state index is 12.4. The van der Waals surface area contributed by atoms with Gasteiger partial charge in [0.1, 0.15) is 0 Å². The summed E-state index contributed by atoms with van der Waals surface area (Å²) in [4.78, 5) is 4.74. The molecular weight excluding hydrogens is 368 g/mol. The smallest absolute Gasteiger partial charge is 0.240 e. The van der Waals surface area contributed by atoms with Crippen molar-refractivity contribution < 1.29 is 8.42 Å². The Morgan fingerprint density at radius 1 is 1.04 bits per heavy atom. The topological polar surface area (TPSA) is 84.0 Å². The van der Waals surface area contributed by atoms with Crippen LogP contribution in [0, 0.1) is 13.8 Å². The van der Waals surface area contributed by atoms with E-state index in [2.05, 4.69) is 19.4 Å². The van der Waals surface area contributed by atoms with Crippen molar-refractivity contribution in [2.24, 2.45) is 0 Å². The molecule has 0 radical (unpaired) electrons. The minimum atomic E-state index is -3.53. The Morgan fingerprint density at radius 2 is 1.81 bits per heavy atom. The van der Waals surface area contributed by atoms with Crippen LogP contribution in [0.1, 0.15) is 11.1 Å². The van der Waals surface area contributed by atoms with Crippen LogP contribution in [0.5, 0.6) is 0 Å². The quantitative estimate of drug-likeness (QED) is 0.607. The van der Waals surface area contributed by atoms with E-state index in [0.29, 0.717) is 22.4 Å². The highest BCUT2D eigenvalue weighted by Crippen LogP contribution is 2.20. The van der Waals surface area contributed by atoms with Crippen LogP contribution >= 0.6 is 11.5 Å². The number of hydrogen-bond acceptors (Lipinski definition) is 6. The Bertz CT molecular complexity index is 985. The monoisotopic (exact) mass is 388 g/mol. The van der Waals surface area contributed by atoms with E-state index < -0.39 is 10.0 Å². The first-order chi connectivity index (χ1) is 12.5. The van der Waals surface area contributed by atoms with Crippen molar-refractivity contribution in [3.8, 4) is 11.4 Å². The molecule has 0 aliphatic carbocycles. The highest BCUT2D eigenvalue weighted by atomic mass is 32.2. The Labute approximate surface area is 157 Å². The van der Waals surface area contributed by atoms with Crippen LogP contribution in [0.25, 0.3) is 11.4 Å². The van der Waals surface area contributed by atoms with Crippen molar-refractivity contribution in [1.29, 1.82) is 0 Å². The Morgan fingerprint density at radius 3 is 2.58 bits per heavy atom. The summed E-state index contributed by atoms with van der Waals surface area (Å²) in [6, 6.07) is 15.1. The van der Waals surface area contributed by atoms with Gasteiger partial charge < -0.3 is 5.32 Å². The zero-order valence-electron chi connectivity index (χ0n) is 14.6. The standard InChI is InChI=1S/C18H20N4O2S2/c1-13-8-9-14(2)16(12-13)26(23,24)20-11-10-19-18-21-17(22-25-18)15-6-4-3-5-7-15/h3-9,12,20H,10-11H2,1-2H3,(H,19,21,22). The number of nitrogens with one attached hydrogen (secondary N) is 2. The molecule has 0 spiro atoms. The van der Waals surface area contributed by atoms with E-state index in [-0.39, 0.29) is 6.54 Å². The van der Waals surface area contributed by atoms with Gasteiger partial charge in [0.2, 0.25) is 15.2 Å². The second-order valence-electron chi connectivity index (χ2n) is 5.88. The maximum atomic E-state index is 12.4. The van der Waals surface area contributed by atoms with Crippen molar-refractivity contribution in [2.45, 2.75) is 18.7 Å². The molecule has 0 aliphatic heterocycles. The molecule has 26 heavy (non-hydrogen) atoms. The first-order valence-corrected chi connectivity index (χ1v) is 10.4. The van der Waals surface area contributed by atoms with Crippen LogP contribution in [-0.2, 0) is 10.0 Å². The van der Waals surface area contributed by atoms with Gasteiger partial charge in [-0.15, -0.1) is 0 Å². The number of rotatable bonds is 7. The van der Waals surface area contributed by atoms with Gasteiger partial charge in [0.05, 0.1) is 4.90 Å². The van der Waals surface area contributed by atoms with Crippen molar-refractivity contribution in [3.05, 3.63) is 59.7 Å². The SMILES string of the molecule is Cc1ccc(C)c(S(=O)(=O)NCCNc2nc(-c3ccccc3)ns2)c1. The number of sulfonamides is 1. The zero-order chi connectivity index (χ0) is 18.6. The fourth-order valence-corrected chi connectivity index (χ4v) is 4.40. The van der Waals surface area contributed by atoms with E-state index in [4.69, 9.17) is 0 Å². The fraction of sp³-hybridized carbons (Fsp3) is 0.222. The Balaban J connectivity index is 1.56. The third kappa shape index (κ3) is 4.46. The van der Waals surface area contributed by atoms with Gasteiger partial charge in [0, 0.05) is 30.2 Å². The van der Waals surface area contributed by atoms with Gasteiger partial charge in [-0.1, -0.05) is 42.5 Å². The summed E-state index contributed by atoms with van der Waals surface area (Å²) < 4.78 is 31.8. The second kappa shape index (κ2) is 7.94. The molecule has 0 fully saturated rings. The minimum Gasteiger partial charge on any atom is -0.359 e. The van der Waals surface area contributed by atoms with Crippen molar-refractivity contribution in [2.75, 3.05) is 18.4 Å². The summed E-state index contributed by atoms with van der Waals surface area (Å²) in [7, 11) is -3.53. The lowest BCUT2D eigenvalue weighted by atomic mass is 10.2. The summed E-state index contributed by atoms with van der Waals surface area (Å²) in [6.45, 7) is 4.35. The second-order valence-corrected chi connectivity index (χ2v) is 8.37. The number of benzene rings is 2. The molecule has 3 rings (SSSR count). The molecule has 0 amide bonds. The van der Waals surface area contributed by atoms with E-state index in [1.807, 2.05) is 49.4 Å². The van der Waals surface area contributed by atoms with E-state index in [1.54, 1.807) is 13.0 Å². The van der Waals surface area contributed by atoms with E-state index >= 15 is 0 Å². The molecule has 0 atom stereocenters. The molecule has 2 aromatic carbocycles. The first-order valence-electron chi connectivity index (χ1n) is 8.15. The first kappa shape index (κ1) is 18.5. The van der Waals surface area contributed by atoms with Gasteiger partial charge in [0.15, 0.2) is 5.82 Å². The van der Waals surface area contributed by atoms with Crippen molar-refractivity contribution in [1.82, 2.24) is 14.1 Å². The third-order valence-corrected chi connectivity index (χ3v) is 6.06. The number of aromatic nitrogens is 2. The molecule has 0 saturated heterocycles. The number of anilines is 1. The van der Waals surface area contributed by atoms with E-state index in [1.165, 1.54) is 11.5 Å². The molecular formula is C18H20N4O2S2. The minimum absolute atomic E-state index is 0.260. The molecule has 136 valence electrons. The van der Waals surface area contributed by atoms with Crippen molar-refractivity contribution >= 4 is 26.7 Å². The maximum Gasteiger partial charge on any atom is 0.240 e. The zero-order valence-corrected chi connectivity index (χ0v) is 16.2. The molecule has 3 aromatic rings. The van der Waals surface area contributed by atoms with Gasteiger partial charge in [-0.3, -0.25) is 0 Å². The summed E-state index contributed by atoms with van der Waals surface area (Å²) in [5, 5.41) is 3.76. The highest BCUT2D eigenvalue weighted by molar-refractivity contribution is 7.89. The van der Waals surface area contributed by atoms with E-state index in [0.717, 1.165) is 16.7 Å². The summed E-state index contributed by atoms with van der Waals surface area (Å²) in [6.07, 6.45) is 0. The molecule has 0 unspecified atom stereocenters. The van der Waals surface area contributed by atoms with Crippen LogP contribution < -0.4 is 10.0 Å². The number of aryl methyl sites for hydroxylation is 2. The highest BCUT2D eigenvalue weighted by Gasteiger charge is 2.16. The van der Waals surface area contributed by atoms with Gasteiger partial charge >= 0.3 is 0 Å². The molecule has 0 aliphatic rings. The Kier molecular flexibility index (Phi) is 5.65. The van der Waals surface area contributed by atoms with Gasteiger partial charge in [-0.2, -0.15) is 9.36 Å². The molecule has 2 N–H and O–H groups in total. The average molecular weight is 389 g/mol. The lowest BCUT2D eigenvalue weighted by Crippen LogP contribution is -2.29. The number of nitrogens with zero attached hydrogens (tertiary/aromatic N) is 2. The van der Waals surface area contributed by atoms with Crippen LogP contribution in [-0.4, -0.2) is 30.9 Å². The molecule has 8 heteroatoms. The van der Waals surface area contributed by atoms with Crippen LogP contribution in [0.3, 0.4) is 0 Å². The predicted molar refractivity (Wildman–Crippen MR) is 105 cm³/mol. The van der Waals surface area contributed by atoms with Crippen LogP contribution in [0.2, 0.25) is 0 Å². The Hall–Kier alpha value is -2.29. The summed E-state index contributed by atoms with van der Waals surface area (Å²) >= 11 is 1.25. The molecule has 0 saturated carbocycles. The normalized spacial score (nSPS) is 11.5. The third-order valence-electron chi connectivity index (χ3n) is 3.78. The molecule has 1 aromatic heterocycles. The van der Waals surface area contributed by atoms with Crippen molar-refractivity contribution in [3.63, 3.8) is 0 Å². The van der Waals surface area contributed by atoms with Gasteiger partial charge in [-0.05, 0) is 31.0 Å². The van der Waals surface area contributed by atoms with Crippen LogP contribution in [0.4, 0.5) is 5.13 Å². The predicted octanol–water partition coefficient (Wildman–Crippen LogP) is 3.21. The summed E-state index contributed by atoms with van der Waals surface area (Å²) in [5.74, 6) is 0.661. The molecule has 0 bridgehead atoms. The van der Waals surface area contributed by atoms with E-state index in [9.17, 15) is 8.42 Å². The number of hydrogen-bond donors (Lipinski definition) is 2. The lowest BCUT2D eigenvalue weighted by Gasteiger charge is -2.10. The average Bonchev–Trinajstić information content (AvgIpc) is 3.10. The van der Waals surface area contributed by atoms with Gasteiger partial charge in [0.25, 0.3) is 0 Å².